The van der Waals surface area contributed by atoms with Crippen molar-refractivity contribution >= 4 is 46.6 Å². The van der Waals surface area contributed by atoms with Crippen LogP contribution in [0.1, 0.15) is 11.1 Å². The number of benzene rings is 2. The number of hydrogen-bond donors (Lipinski definition) is 1. The standard InChI is InChI=1S/C16H12Cl2F3NOS/c17-13-6-1-10(7-14(13)18)8-24-9-15(23)22-12-4-2-11(3-5-12)16(19,20)21/h1-7H,8-9H2,(H,22,23). The minimum atomic E-state index is -4.39. The lowest BCUT2D eigenvalue weighted by molar-refractivity contribution is -0.137. The predicted molar refractivity (Wildman–Crippen MR) is 92.7 cm³/mol. The third-order valence-corrected chi connectivity index (χ3v) is 4.72. The second kappa shape index (κ2) is 8.14. The van der Waals surface area contributed by atoms with E-state index >= 15 is 0 Å². The molecule has 2 aromatic carbocycles. The molecule has 2 nitrogen and oxygen atoms in total. The van der Waals surface area contributed by atoms with E-state index in [1.807, 2.05) is 6.07 Å². The van der Waals surface area contributed by atoms with Crippen LogP contribution in [0.15, 0.2) is 42.5 Å². The van der Waals surface area contributed by atoms with Gasteiger partial charge in [0.15, 0.2) is 0 Å². The quantitative estimate of drug-likeness (QED) is 0.686. The fourth-order valence-electron chi connectivity index (χ4n) is 1.83. The maximum absolute atomic E-state index is 12.5. The highest BCUT2D eigenvalue weighted by Gasteiger charge is 2.29. The molecule has 0 heterocycles. The van der Waals surface area contributed by atoms with Gasteiger partial charge in [-0.2, -0.15) is 13.2 Å². The maximum atomic E-state index is 12.5. The molecule has 2 aromatic rings. The van der Waals surface area contributed by atoms with Gasteiger partial charge in [0.05, 0.1) is 21.4 Å². The molecule has 0 aromatic heterocycles. The van der Waals surface area contributed by atoms with Gasteiger partial charge >= 0.3 is 6.18 Å². The summed E-state index contributed by atoms with van der Waals surface area (Å²) in [6.45, 7) is 0. The zero-order chi connectivity index (χ0) is 17.7. The van der Waals surface area contributed by atoms with Crippen molar-refractivity contribution in [3.63, 3.8) is 0 Å². The molecule has 0 aliphatic carbocycles. The van der Waals surface area contributed by atoms with Crippen molar-refractivity contribution in [2.75, 3.05) is 11.1 Å². The minimum absolute atomic E-state index is 0.168. The average Bonchev–Trinajstić information content (AvgIpc) is 2.50. The van der Waals surface area contributed by atoms with Crippen molar-refractivity contribution in [2.45, 2.75) is 11.9 Å². The van der Waals surface area contributed by atoms with Gasteiger partial charge in [0.25, 0.3) is 0 Å². The summed E-state index contributed by atoms with van der Waals surface area (Å²) in [7, 11) is 0. The molecule has 0 spiro atoms. The van der Waals surface area contributed by atoms with Crippen LogP contribution in [0, 0.1) is 0 Å². The van der Waals surface area contributed by atoms with Gasteiger partial charge in [-0.25, -0.2) is 0 Å². The van der Waals surface area contributed by atoms with E-state index in [4.69, 9.17) is 23.2 Å². The number of rotatable bonds is 5. The molecular weight excluding hydrogens is 382 g/mol. The monoisotopic (exact) mass is 393 g/mol. The van der Waals surface area contributed by atoms with Crippen LogP contribution in [-0.4, -0.2) is 11.7 Å². The highest BCUT2D eigenvalue weighted by atomic mass is 35.5. The van der Waals surface area contributed by atoms with Crippen molar-refractivity contribution < 1.29 is 18.0 Å². The third kappa shape index (κ3) is 5.61. The zero-order valence-corrected chi connectivity index (χ0v) is 14.5. The summed E-state index contributed by atoms with van der Waals surface area (Å²) in [5.74, 6) is 0.443. The Morgan fingerprint density at radius 3 is 2.29 bits per heavy atom. The topological polar surface area (TPSA) is 29.1 Å². The van der Waals surface area contributed by atoms with E-state index in [0.717, 1.165) is 17.7 Å². The van der Waals surface area contributed by atoms with E-state index in [-0.39, 0.29) is 11.7 Å². The molecule has 0 aliphatic rings. The normalized spacial score (nSPS) is 11.4. The number of thioether (sulfide) groups is 1. The summed E-state index contributed by atoms with van der Waals surface area (Å²) < 4.78 is 37.4. The van der Waals surface area contributed by atoms with Gasteiger partial charge < -0.3 is 5.32 Å². The molecule has 0 saturated carbocycles. The van der Waals surface area contributed by atoms with Crippen LogP contribution in [-0.2, 0) is 16.7 Å². The van der Waals surface area contributed by atoms with E-state index < -0.39 is 11.7 Å². The molecule has 128 valence electrons. The SMILES string of the molecule is O=C(CSCc1ccc(Cl)c(Cl)c1)Nc1ccc(C(F)(F)F)cc1. The lowest BCUT2D eigenvalue weighted by Crippen LogP contribution is -2.14. The Morgan fingerprint density at radius 1 is 1.04 bits per heavy atom. The number of anilines is 1. The Kier molecular flexibility index (Phi) is 6.43. The number of hydrogen-bond acceptors (Lipinski definition) is 2. The second-order valence-corrected chi connectivity index (χ2v) is 6.66. The number of nitrogens with one attached hydrogen (secondary N) is 1. The molecule has 0 unspecified atom stereocenters. The van der Waals surface area contributed by atoms with Crippen molar-refractivity contribution in [3.05, 3.63) is 63.6 Å². The molecule has 0 fully saturated rings. The molecule has 8 heteroatoms. The number of amides is 1. The van der Waals surface area contributed by atoms with Gasteiger partial charge in [0, 0.05) is 11.4 Å². The number of halogens is 5. The van der Waals surface area contributed by atoms with Crippen LogP contribution in [0.3, 0.4) is 0 Å². The Morgan fingerprint density at radius 2 is 1.71 bits per heavy atom. The lowest BCUT2D eigenvalue weighted by Gasteiger charge is -2.09. The van der Waals surface area contributed by atoms with Crippen LogP contribution in [0.5, 0.6) is 0 Å². The summed E-state index contributed by atoms with van der Waals surface area (Å²) in [6, 6.07) is 9.54. The summed E-state index contributed by atoms with van der Waals surface area (Å²) in [4.78, 5) is 11.8. The van der Waals surface area contributed by atoms with Gasteiger partial charge in [-0.1, -0.05) is 29.3 Å². The molecule has 2 rings (SSSR count). The first-order chi connectivity index (χ1) is 11.3. The Balaban J connectivity index is 1.81. The Bertz CT molecular complexity index is 720. The molecule has 0 bridgehead atoms. The Labute approximate surface area is 151 Å². The zero-order valence-electron chi connectivity index (χ0n) is 12.2. The van der Waals surface area contributed by atoms with Gasteiger partial charge in [-0.05, 0) is 42.0 Å². The molecule has 1 amide bonds. The minimum Gasteiger partial charge on any atom is -0.325 e. The summed E-state index contributed by atoms with van der Waals surface area (Å²) in [5, 5.41) is 3.46. The van der Waals surface area contributed by atoms with Crippen LogP contribution in [0.25, 0.3) is 0 Å². The van der Waals surface area contributed by atoms with Gasteiger partial charge in [-0.15, -0.1) is 11.8 Å². The van der Waals surface area contributed by atoms with Crippen molar-refractivity contribution in [1.82, 2.24) is 0 Å². The van der Waals surface area contributed by atoms with Crippen molar-refractivity contribution in [2.24, 2.45) is 0 Å². The summed E-state index contributed by atoms with van der Waals surface area (Å²) >= 11 is 13.1. The first kappa shape index (κ1) is 19.0. The molecule has 0 saturated heterocycles. The predicted octanol–water partition coefficient (Wildman–Crippen LogP) is 5.88. The van der Waals surface area contributed by atoms with Gasteiger partial charge in [0.2, 0.25) is 5.91 Å². The van der Waals surface area contributed by atoms with E-state index in [1.54, 1.807) is 12.1 Å². The molecule has 0 radical (unpaired) electrons. The van der Waals surface area contributed by atoms with E-state index in [1.165, 1.54) is 23.9 Å². The number of carbonyl (C=O) groups is 1. The van der Waals surface area contributed by atoms with E-state index in [0.29, 0.717) is 21.5 Å². The van der Waals surface area contributed by atoms with Crippen LogP contribution < -0.4 is 5.32 Å². The van der Waals surface area contributed by atoms with Crippen LogP contribution >= 0.6 is 35.0 Å². The van der Waals surface area contributed by atoms with Gasteiger partial charge in [0.1, 0.15) is 0 Å². The fourth-order valence-corrected chi connectivity index (χ4v) is 2.93. The smallest absolute Gasteiger partial charge is 0.325 e. The summed E-state index contributed by atoms with van der Waals surface area (Å²) in [6.07, 6.45) is -4.39. The molecule has 1 N–H and O–H groups in total. The highest BCUT2D eigenvalue weighted by molar-refractivity contribution is 7.99. The molecule has 0 aliphatic heterocycles. The van der Waals surface area contributed by atoms with Crippen LogP contribution in [0.2, 0.25) is 10.0 Å². The number of alkyl halides is 3. The Hall–Kier alpha value is -1.37. The fraction of sp³-hybridized carbons (Fsp3) is 0.188. The first-order valence-corrected chi connectivity index (χ1v) is 8.65. The highest BCUT2D eigenvalue weighted by Crippen LogP contribution is 2.30. The largest absolute Gasteiger partial charge is 0.416 e. The van der Waals surface area contributed by atoms with E-state index in [2.05, 4.69) is 5.32 Å². The lowest BCUT2D eigenvalue weighted by atomic mass is 10.2. The second-order valence-electron chi connectivity index (χ2n) is 4.86. The molecule has 24 heavy (non-hydrogen) atoms. The summed E-state index contributed by atoms with van der Waals surface area (Å²) in [5.41, 5.74) is 0.495. The van der Waals surface area contributed by atoms with E-state index in [9.17, 15) is 18.0 Å². The third-order valence-electron chi connectivity index (χ3n) is 2.98. The maximum Gasteiger partial charge on any atom is 0.416 e. The molecule has 0 atom stereocenters. The van der Waals surface area contributed by atoms with Crippen molar-refractivity contribution in [3.8, 4) is 0 Å². The molecular formula is C16H12Cl2F3NOS. The van der Waals surface area contributed by atoms with Gasteiger partial charge in [-0.3, -0.25) is 4.79 Å². The number of carbonyl (C=O) groups excluding carboxylic acids is 1. The first-order valence-electron chi connectivity index (χ1n) is 6.74. The van der Waals surface area contributed by atoms with Crippen LogP contribution in [0.4, 0.5) is 18.9 Å². The average molecular weight is 394 g/mol. The van der Waals surface area contributed by atoms with Crippen molar-refractivity contribution in [1.29, 1.82) is 0 Å².